The van der Waals surface area contributed by atoms with Crippen LogP contribution in [0, 0.1) is 0 Å². The molecule has 0 saturated heterocycles. The number of hydrogen-bond acceptors (Lipinski definition) is 3. The van der Waals surface area contributed by atoms with Crippen LogP contribution in [0.5, 0.6) is 0 Å². The zero-order chi connectivity index (χ0) is 14.0. The Labute approximate surface area is 113 Å². The summed E-state index contributed by atoms with van der Waals surface area (Å²) in [6.45, 7) is 5.68. The molecule has 0 aliphatic rings. The first-order valence-electron chi connectivity index (χ1n) is 6.59. The van der Waals surface area contributed by atoms with E-state index >= 15 is 0 Å². The molecule has 0 radical (unpaired) electrons. The molecule has 2 N–H and O–H groups in total. The van der Waals surface area contributed by atoms with Gasteiger partial charge in [0.25, 0.3) is 5.56 Å². The number of nitrogens with zero attached hydrogens (tertiary/aromatic N) is 2. The largest absolute Gasteiger partial charge is 0.385 e. The van der Waals surface area contributed by atoms with Gasteiger partial charge in [-0.3, -0.25) is 9.36 Å². The lowest BCUT2D eigenvalue weighted by molar-refractivity contribution is 0.262. The van der Waals surface area contributed by atoms with Crippen molar-refractivity contribution in [3.8, 4) is 0 Å². The van der Waals surface area contributed by atoms with E-state index in [0.717, 1.165) is 17.3 Å². The first-order valence-corrected chi connectivity index (χ1v) is 6.59. The Morgan fingerprint density at radius 2 is 2.00 bits per heavy atom. The van der Waals surface area contributed by atoms with E-state index in [1.54, 1.807) is 4.57 Å². The highest BCUT2D eigenvalue weighted by molar-refractivity contribution is 5.83. The molecule has 0 spiro atoms. The van der Waals surface area contributed by atoms with Gasteiger partial charge in [-0.15, -0.1) is 0 Å². The number of likely N-dealkylation sites (N-methyl/N-ethyl adjacent to an activating group) is 1. The summed E-state index contributed by atoms with van der Waals surface area (Å²) in [6.07, 6.45) is 0. The quantitative estimate of drug-likeness (QED) is 0.912. The Balaban J connectivity index is 2.36. The Kier molecular flexibility index (Phi) is 3.90. The minimum absolute atomic E-state index is 0.00671. The van der Waals surface area contributed by atoms with Gasteiger partial charge in [-0.25, -0.2) is 0 Å². The van der Waals surface area contributed by atoms with E-state index < -0.39 is 0 Å². The molecule has 0 aliphatic carbocycles. The summed E-state index contributed by atoms with van der Waals surface area (Å²) >= 11 is 0. The first-order chi connectivity index (χ1) is 9.00. The summed E-state index contributed by atoms with van der Waals surface area (Å²) in [6, 6.07) is 9.88. The number of nitrogens with two attached hydrogens (primary N) is 1. The highest BCUT2D eigenvalue weighted by Gasteiger charge is 2.08. The molecule has 0 amide bonds. The van der Waals surface area contributed by atoms with E-state index in [1.165, 1.54) is 0 Å². The third-order valence-corrected chi connectivity index (χ3v) is 3.61. The van der Waals surface area contributed by atoms with Crippen molar-refractivity contribution in [2.24, 2.45) is 0 Å². The summed E-state index contributed by atoms with van der Waals surface area (Å²) in [5.74, 6) is 0.529. The van der Waals surface area contributed by atoms with Crippen molar-refractivity contribution >= 4 is 16.6 Å². The van der Waals surface area contributed by atoms with Gasteiger partial charge in [-0.2, -0.15) is 0 Å². The SMILES string of the molecule is CC(C)N(C)CCn1c(N)cc2ccccc2c1=O. The van der Waals surface area contributed by atoms with Crippen molar-refractivity contribution in [2.45, 2.75) is 26.4 Å². The highest BCUT2D eigenvalue weighted by atomic mass is 16.1. The van der Waals surface area contributed by atoms with Gasteiger partial charge in [0, 0.05) is 24.5 Å². The summed E-state index contributed by atoms with van der Waals surface area (Å²) < 4.78 is 1.65. The van der Waals surface area contributed by atoms with Crippen LogP contribution in [0.1, 0.15) is 13.8 Å². The van der Waals surface area contributed by atoms with Gasteiger partial charge in [-0.1, -0.05) is 18.2 Å². The van der Waals surface area contributed by atoms with Crippen molar-refractivity contribution in [3.63, 3.8) is 0 Å². The summed E-state index contributed by atoms with van der Waals surface area (Å²) in [4.78, 5) is 14.6. The number of fused-ring (bicyclic) bond motifs is 1. The van der Waals surface area contributed by atoms with E-state index in [9.17, 15) is 4.79 Å². The van der Waals surface area contributed by atoms with Gasteiger partial charge in [0.15, 0.2) is 0 Å². The second kappa shape index (κ2) is 5.45. The summed E-state index contributed by atoms with van der Waals surface area (Å²) in [5.41, 5.74) is 5.99. The summed E-state index contributed by atoms with van der Waals surface area (Å²) in [7, 11) is 2.05. The minimum Gasteiger partial charge on any atom is -0.385 e. The van der Waals surface area contributed by atoms with Crippen LogP contribution in [0.4, 0.5) is 5.82 Å². The lowest BCUT2D eigenvalue weighted by Crippen LogP contribution is -2.33. The number of pyridine rings is 1. The number of rotatable bonds is 4. The lowest BCUT2D eigenvalue weighted by Gasteiger charge is -2.22. The Hall–Kier alpha value is -1.81. The predicted octanol–water partition coefficient (Wildman–Crippen LogP) is 1.92. The van der Waals surface area contributed by atoms with Crippen molar-refractivity contribution < 1.29 is 0 Å². The van der Waals surface area contributed by atoms with Crippen molar-refractivity contribution in [2.75, 3.05) is 19.3 Å². The molecule has 0 unspecified atom stereocenters. The fourth-order valence-electron chi connectivity index (χ4n) is 2.06. The van der Waals surface area contributed by atoms with Crippen LogP contribution >= 0.6 is 0 Å². The van der Waals surface area contributed by atoms with Crippen LogP contribution in [-0.4, -0.2) is 29.1 Å². The molecule has 4 heteroatoms. The van der Waals surface area contributed by atoms with E-state index in [-0.39, 0.29) is 5.56 Å². The average Bonchev–Trinajstić information content (AvgIpc) is 2.38. The molecule has 0 bridgehead atoms. The Morgan fingerprint density at radius 1 is 1.32 bits per heavy atom. The third kappa shape index (κ3) is 2.79. The molecule has 0 fully saturated rings. The lowest BCUT2D eigenvalue weighted by atomic mass is 10.1. The number of aromatic nitrogens is 1. The third-order valence-electron chi connectivity index (χ3n) is 3.61. The molecule has 0 saturated carbocycles. The molecule has 4 nitrogen and oxygen atoms in total. The maximum Gasteiger partial charge on any atom is 0.260 e. The molecular formula is C15H21N3O. The summed E-state index contributed by atoms with van der Waals surface area (Å²) in [5, 5.41) is 1.63. The number of hydrogen-bond donors (Lipinski definition) is 1. The van der Waals surface area contributed by atoms with Crippen LogP contribution in [0.15, 0.2) is 35.1 Å². The van der Waals surface area contributed by atoms with E-state index in [2.05, 4.69) is 18.7 Å². The van der Waals surface area contributed by atoms with E-state index in [1.807, 2.05) is 37.4 Å². The molecule has 2 aromatic rings. The van der Waals surface area contributed by atoms with Gasteiger partial charge in [0.2, 0.25) is 0 Å². The van der Waals surface area contributed by atoms with Crippen molar-refractivity contribution in [3.05, 3.63) is 40.7 Å². The van der Waals surface area contributed by atoms with E-state index in [4.69, 9.17) is 5.73 Å². The predicted molar refractivity (Wildman–Crippen MR) is 80.4 cm³/mol. The molecule has 102 valence electrons. The zero-order valence-corrected chi connectivity index (χ0v) is 11.8. The molecule has 0 atom stereocenters. The van der Waals surface area contributed by atoms with Crippen molar-refractivity contribution in [1.82, 2.24) is 9.47 Å². The van der Waals surface area contributed by atoms with Gasteiger partial charge in [0.1, 0.15) is 5.82 Å². The fraction of sp³-hybridized carbons (Fsp3) is 0.400. The number of nitrogen functional groups attached to an aromatic ring is 1. The molecule has 1 aromatic carbocycles. The van der Waals surface area contributed by atoms with Crippen LogP contribution in [-0.2, 0) is 6.54 Å². The van der Waals surface area contributed by atoms with Gasteiger partial charge in [-0.05, 0) is 38.4 Å². The number of anilines is 1. The highest BCUT2D eigenvalue weighted by Crippen LogP contribution is 2.13. The van der Waals surface area contributed by atoms with Crippen LogP contribution < -0.4 is 11.3 Å². The number of benzene rings is 1. The molecule has 1 aromatic heterocycles. The monoisotopic (exact) mass is 259 g/mol. The fourth-order valence-corrected chi connectivity index (χ4v) is 2.06. The zero-order valence-electron chi connectivity index (χ0n) is 11.8. The van der Waals surface area contributed by atoms with Gasteiger partial charge in [0.05, 0.1) is 0 Å². The van der Waals surface area contributed by atoms with Crippen LogP contribution in [0.2, 0.25) is 0 Å². The Morgan fingerprint density at radius 3 is 2.68 bits per heavy atom. The standard InChI is InChI=1S/C15H21N3O/c1-11(2)17(3)8-9-18-14(16)10-12-6-4-5-7-13(12)15(18)19/h4-7,10-11H,8-9,16H2,1-3H3. The second-order valence-electron chi connectivity index (χ2n) is 5.19. The second-order valence-corrected chi connectivity index (χ2v) is 5.19. The molecular weight excluding hydrogens is 238 g/mol. The van der Waals surface area contributed by atoms with Gasteiger partial charge >= 0.3 is 0 Å². The molecule has 2 rings (SSSR count). The normalized spacial score (nSPS) is 11.6. The Bertz CT molecular complexity index is 631. The van der Waals surface area contributed by atoms with Crippen LogP contribution in [0.25, 0.3) is 10.8 Å². The van der Waals surface area contributed by atoms with Gasteiger partial charge < -0.3 is 10.6 Å². The first kappa shape index (κ1) is 13.6. The minimum atomic E-state index is -0.00671. The maximum atomic E-state index is 12.4. The maximum absolute atomic E-state index is 12.4. The molecule has 1 heterocycles. The molecule has 0 aliphatic heterocycles. The van der Waals surface area contributed by atoms with Crippen LogP contribution in [0.3, 0.4) is 0 Å². The van der Waals surface area contributed by atoms with Crippen molar-refractivity contribution in [1.29, 1.82) is 0 Å². The topological polar surface area (TPSA) is 51.3 Å². The molecule has 19 heavy (non-hydrogen) atoms. The smallest absolute Gasteiger partial charge is 0.260 e. The van der Waals surface area contributed by atoms with E-state index in [0.29, 0.717) is 18.4 Å². The average molecular weight is 259 g/mol.